The van der Waals surface area contributed by atoms with E-state index in [1.165, 1.54) is 4.90 Å². The first kappa shape index (κ1) is 11.8. The number of carboxylic acid groups (broad SMARTS) is 1. The Labute approximate surface area is 89.0 Å². The summed E-state index contributed by atoms with van der Waals surface area (Å²) in [5.74, 6) is -0.326. The number of hydrogen-bond acceptors (Lipinski definition) is 3. The van der Waals surface area contributed by atoms with Gasteiger partial charge in [-0.3, -0.25) is 4.79 Å². The summed E-state index contributed by atoms with van der Waals surface area (Å²) in [6, 6.07) is 0. The molecule has 1 aliphatic rings. The molecule has 0 atom stereocenters. The van der Waals surface area contributed by atoms with Crippen LogP contribution in [0.15, 0.2) is 0 Å². The summed E-state index contributed by atoms with van der Waals surface area (Å²) < 4.78 is 5.21. The summed E-state index contributed by atoms with van der Waals surface area (Å²) in [6.45, 7) is 7.54. The number of carbonyl (C=O) groups is 2. The fourth-order valence-electron chi connectivity index (χ4n) is 1.46. The molecule has 0 radical (unpaired) electrons. The molecular formula is C10H17NO4. The van der Waals surface area contributed by atoms with Gasteiger partial charge in [0.2, 0.25) is 0 Å². The van der Waals surface area contributed by atoms with Gasteiger partial charge in [0.1, 0.15) is 11.0 Å². The molecule has 1 saturated heterocycles. The molecular weight excluding hydrogens is 198 g/mol. The molecule has 15 heavy (non-hydrogen) atoms. The van der Waals surface area contributed by atoms with Crippen molar-refractivity contribution in [1.29, 1.82) is 0 Å². The Morgan fingerprint density at radius 3 is 2.13 bits per heavy atom. The average molecular weight is 215 g/mol. The van der Waals surface area contributed by atoms with Gasteiger partial charge in [-0.05, 0) is 27.7 Å². The van der Waals surface area contributed by atoms with Crippen molar-refractivity contribution in [2.45, 2.75) is 33.3 Å². The first-order valence-corrected chi connectivity index (χ1v) is 4.85. The molecule has 86 valence electrons. The predicted octanol–water partition coefficient (Wildman–Crippen LogP) is 1.33. The number of hydrogen-bond donors (Lipinski definition) is 1. The maximum absolute atomic E-state index is 11.7. The highest BCUT2D eigenvalue weighted by Crippen LogP contribution is 2.32. The minimum atomic E-state index is -0.990. The molecule has 1 fully saturated rings. The van der Waals surface area contributed by atoms with Gasteiger partial charge in [-0.25, -0.2) is 4.79 Å². The highest BCUT2D eigenvalue weighted by atomic mass is 16.6. The summed E-state index contributed by atoms with van der Waals surface area (Å²) in [7, 11) is 0. The molecule has 0 bridgehead atoms. The number of ether oxygens (including phenoxy) is 1. The molecule has 0 aromatic rings. The van der Waals surface area contributed by atoms with E-state index in [1.807, 2.05) is 0 Å². The van der Waals surface area contributed by atoms with E-state index in [2.05, 4.69) is 0 Å². The van der Waals surface area contributed by atoms with E-state index in [4.69, 9.17) is 9.84 Å². The van der Waals surface area contributed by atoms with Gasteiger partial charge < -0.3 is 14.7 Å². The highest BCUT2D eigenvalue weighted by Gasteiger charge is 2.49. The maximum Gasteiger partial charge on any atom is 0.407 e. The van der Waals surface area contributed by atoms with Crippen LogP contribution < -0.4 is 0 Å². The van der Waals surface area contributed by atoms with Gasteiger partial charge in [-0.15, -0.1) is 0 Å². The van der Waals surface area contributed by atoms with Crippen molar-refractivity contribution in [3.8, 4) is 0 Å². The van der Waals surface area contributed by atoms with Crippen LogP contribution >= 0.6 is 0 Å². The lowest BCUT2D eigenvalue weighted by atomic mass is 9.82. The minimum Gasteiger partial charge on any atom is -0.465 e. The van der Waals surface area contributed by atoms with Crippen molar-refractivity contribution in [2.75, 3.05) is 13.1 Å². The van der Waals surface area contributed by atoms with Gasteiger partial charge in [0.05, 0.1) is 0 Å². The SMILES string of the molecule is CC(C)(C)OC(=O)C1(C)CN(C(=O)O)C1. The Morgan fingerprint density at radius 1 is 1.33 bits per heavy atom. The van der Waals surface area contributed by atoms with Crippen LogP contribution in [0.25, 0.3) is 0 Å². The first-order chi connectivity index (χ1) is 6.64. The fraction of sp³-hybridized carbons (Fsp3) is 0.800. The molecule has 1 heterocycles. The molecule has 0 spiro atoms. The molecule has 1 N–H and O–H groups in total. The second kappa shape index (κ2) is 3.40. The first-order valence-electron chi connectivity index (χ1n) is 4.85. The zero-order valence-electron chi connectivity index (χ0n) is 9.53. The Kier molecular flexibility index (Phi) is 2.67. The third kappa shape index (κ3) is 2.61. The van der Waals surface area contributed by atoms with E-state index >= 15 is 0 Å². The van der Waals surface area contributed by atoms with Crippen molar-refractivity contribution in [3.05, 3.63) is 0 Å². The number of esters is 1. The van der Waals surface area contributed by atoms with Crippen LogP contribution in [0.1, 0.15) is 27.7 Å². The second-order valence-electron chi connectivity index (χ2n) is 5.20. The third-order valence-corrected chi connectivity index (χ3v) is 2.24. The summed E-state index contributed by atoms with van der Waals surface area (Å²) in [6.07, 6.45) is -0.990. The molecule has 0 saturated carbocycles. The van der Waals surface area contributed by atoms with Gasteiger partial charge in [-0.1, -0.05) is 0 Å². The number of amides is 1. The Bertz CT molecular complexity index is 286. The van der Waals surface area contributed by atoms with E-state index in [-0.39, 0.29) is 19.1 Å². The standard InChI is InChI=1S/C10H17NO4/c1-9(2,3)15-7(12)10(4)5-11(6-10)8(13)14/h5-6H2,1-4H3,(H,13,14). The number of carbonyl (C=O) groups excluding carboxylic acids is 1. The van der Waals surface area contributed by atoms with Crippen LogP contribution in [0.4, 0.5) is 4.79 Å². The lowest BCUT2D eigenvalue weighted by molar-refractivity contribution is -0.175. The molecule has 0 aliphatic carbocycles. The molecule has 5 nitrogen and oxygen atoms in total. The van der Waals surface area contributed by atoms with Crippen molar-refractivity contribution in [2.24, 2.45) is 5.41 Å². The smallest absolute Gasteiger partial charge is 0.407 e. The number of rotatable bonds is 1. The zero-order chi connectivity index (χ0) is 11.9. The third-order valence-electron chi connectivity index (χ3n) is 2.24. The van der Waals surface area contributed by atoms with E-state index in [9.17, 15) is 9.59 Å². The molecule has 5 heteroatoms. The normalized spacial score (nSPS) is 19.3. The second-order valence-corrected chi connectivity index (χ2v) is 5.20. The Hall–Kier alpha value is -1.26. The molecule has 1 rings (SSSR count). The van der Waals surface area contributed by atoms with Gasteiger partial charge in [0, 0.05) is 13.1 Å². The van der Waals surface area contributed by atoms with E-state index in [0.717, 1.165) is 0 Å². The van der Waals surface area contributed by atoms with Crippen LogP contribution in [0.2, 0.25) is 0 Å². The average Bonchev–Trinajstić information content (AvgIpc) is 1.94. The molecule has 0 unspecified atom stereocenters. The van der Waals surface area contributed by atoms with Crippen molar-refractivity contribution in [1.82, 2.24) is 4.90 Å². The maximum atomic E-state index is 11.7. The van der Waals surface area contributed by atoms with Crippen molar-refractivity contribution in [3.63, 3.8) is 0 Å². The summed E-state index contributed by atoms with van der Waals surface area (Å²) in [5, 5.41) is 8.65. The predicted molar refractivity (Wildman–Crippen MR) is 53.5 cm³/mol. The molecule has 0 aromatic carbocycles. The number of nitrogens with zero attached hydrogens (tertiary/aromatic N) is 1. The summed E-state index contributed by atoms with van der Waals surface area (Å²) >= 11 is 0. The Balaban J connectivity index is 2.53. The van der Waals surface area contributed by atoms with E-state index < -0.39 is 17.1 Å². The summed E-state index contributed by atoms with van der Waals surface area (Å²) in [4.78, 5) is 23.4. The van der Waals surface area contributed by atoms with Crippen LogP contribution in [0.5, 0.6) is 0 Å². The largest absolute Gasteiger partial charge is 0.465 e. The van der Waals surface area contributed by atoms with Crippen molar-refractivity contribution >= 4 is 12.1 Å². The fourth-order valence-corrected chi connectivity index (χ4v) is 1.46. The van der Waals surface area contributed by atoms with E-state index in [0.29, 0.717) is 0 Å². The highest BCUT2D eigenvalue weighted by molar-refractivity contribution is 5.81. The van der Waals surface area contributed by atoms with Crippen LogP contribution in [0.3, 0.4) is 0 Å². The zero-order valence-corrected chi connectivity index (χ0v) is 9.53. The summed E-state index contributed by atoms with van der Waals surface area (Å²) in [5.41, 5.74) is -1.20. The van der Waals surface area contributed by atoms with Crippen LogP contribution in [-0.2, 0) is 9.53 Å². The van der Waals surface area contributed by atoms with Gasteiger partial charge in [0.25, 0.3) is 0 Å². The van der Waals surface area contributed by atoms with Gasteiger partial charge in [-0.2, -0.15) is 0 Å². The topological polar surface area (TPSA) is 66.8 Å². The monoisotopic (exact) mass is 215 g/mol. The lowest BCUT2D eigenvalue weighted by Gasteiger charge is -2.45. The molecule has 0 aromatic heterocycles. The van der Waals surface area contributed by atoms with Crippen LogP contribution in [0, 0.1) is 5.41 Å². The van der Waals surface area contributed by atoms with Gasteiger partial charge in [0.15, 0.2) is 0 Å². The quantitative estimate of drug-likeness (QED) is 0.670. The van der Waals surface area contributed by atoms with Crippen molar-refractivity contribution < 1.29 is 19.4 Å². The van der Waals surface area contributed by atoms with E-state index in [1.54, 1.807) is 27.7 Å². The lowest BCUT2D eigenvalue weighted by Crippen LogP contribution is -2.61. The van der Waals surface area contributed by atoms with Gasteiger partial charge >= 0.3 is 12.1 Å². The molecule has 1 amide bonds. The Morgan fingerprint density at radius 2 is 1.80 bits per heavy atom. The molecule has 1 aliphatic heterocycles. The van der Waals surface area contributed by atoms with Crippen LogP contribution in [-0.4, -0.2) is 40.8 Å². The number of likely N-dealkylation sites (tertiary alicyclic amines) is 1. The minimum absolute atomic E-state index is 0.219.